The van der Waals surface area contributed by atoms with Crippen molar-refractivity contribution in [1.29, 1.82) is 0 Å². The van der Waals surface area contributed by atoms with Crippen molar-refractivity contribution in [3.63, 3.8) is 0 Å². The fourth-order valence-electron chi connectivity index (χ4n) is 3.94. The molecule has 32 heavy (non-hydrogen) atoms. The van der Waals surface area contributed by atoms with E-state index in [1.807, 2.05) is 6.08 Å². The van der Waals surface area contributed by atoms with Crippen LogP contribution >= 0.6 is 0 Å². The highest BCUT2D eigenvalue weighted by atomic mass is 16.5. The first kappa shape index (κ1) is 25.3. The van der Waals surface area contributed by atoms with Crippen molar-refractivity contribution < 1.29 is 18.9 Å². The molecule has 0 N–H and O–H groups in total. The van der Waals surface area contributed by atoms with Crippen LogP contribution < -0.4 is 0 Å². The van der Waals surface area contributed by atoms with Gasteiger partial charge in [-0.3, -0.25) is 14.7 Å². The van der Waals surface area contributed by atoms with Crippen molar-refractivity contribution in [2.24, 2.45) is 0 Å². The summed E-state index contributed by atoms with van der Waals surface area (Å²) in [7, 11) is 0. The maximum Gasteiger partial charge on any atom is 0.0701 e. The van der Waals surface area contributed by atoms with E-state index in [1.54, 1.807) is 0 Å². The third-order valence-corrected chi connectivity index (χ3v) is 6.04. The summed E-state index contributed by atoms with van der Waals surface area (Å²) in [5.41, 5.74) is 2.50. The Balaban J connectivity index is 1.69. The van der Waals surface area contributed by atoms with E-state index < -0.39 is 0 Å². The van der Waals surface area contributed by atoms with Crippen LogP contribution in [-0.2, 0) is 25.5 Å². The van der Waals surface area contributed by atoms with E-state index in [2.05, 4.69) is 45.5 Å². The molecule has 0 unspecified atom stereocenters. The number of rotatable bonds is 3. The fourth-order valence-corrected chi connectivity index (χ4v) is 3.94. The van der Waals surface area contributed by atoms with Gasteiger partial charge in [-0.05, 0) is 11.1 Å². The molecule has 180 valence electrons. The minimum absolute atomic E-state index is 0.653. The highest BCUT2D eigenvalue weighted by molar-refractivity contribution is 5.47. The van der Waals surface area contributed by atoms with Gasteiger partial charge in [-0.2, -0.15) is 0 Å². The maximum absolute atomic E-state index is 5.81. The minimum Gasteiger partial charge on any atom is -0.378 e. The molecule has 2 bridgehead atoms. The van der Waals surface area contributed by atoms with E-state index in [9.17, 15) is 0 Å². The summed E-state index contributed by atoms with van der Waals surface area (Å²) >= 11 is 0. The molecule has 7 heteroatoms. The number of nitrogens with zero attached hydrogens (tertiary/aromatic N) is 3. The summed E-state index contributed by atoms with van der Waals surface area (Å²) in [6, 6.07) is 8.72. The molecular formula is C25H41N3O4. The number of benzene rings is 1. The van der Waals surface area contributed by atoms with Crippen LogP contribution in [0.1, 0.15) is 11.1 Å². The fraction of sp³-hybridized carbons (Fsp3) is 0.680. The smallest absolute Gasteiger partial charge is 0.0701 e. The summed E-state index contributed by atoms with van der Waals surface area (Å²) < 4.78 is 23.3. The van der Waals surface area contributed by atoms with Gasteiger partial charge in [-0.25, -0.2) is 0 Å². The van der Waals surface area contributed by atoms with Crippen LogP contribution in [-0.4, -0.2) is 120 Å². The molecule has 2 fully saturated rings. The molecule has 0 saturated carbocycles. The van der Waals surface area contributed by atoms with Gasteiger partial charge in [0.05, 0.1) is 52.9 Å². The summed E-state index contributed by atoms with van der Waals surface area (Å²) in [4.78, 5) is 7.46. The van der Waals surface area contributed by atoms with Crippen LogP contribution in [0.15, 0.2) is 30.8 Å². The number of hydrogen-bond acceptors (Lipinski definition) is 7. The second-order valence-corrected chi connectivity index (χ2v) is 8.35. The van der Waals surface area contributed by atoms with E-state index in [4.69, 9.17) is 18.9 Å². The van der Waals surface area contributed by atoms with E-state index >= 15 is 0 Å². The van der Waals surface area contributed by atoms with Gasteiger partial charge in [0.1, 0.15) is 0 Å². The minimum atomic E-state index is 0.653. The molecule has 1 aromatic rings. The molecule has 7 nitrogen and oxygen atoms in total. The molecule has 2 heterocycles. The zero-order chi connectivity index (χ0) is 22.3. The Bertz CT molecular complexity index is 580. The molecule has 0 spiro atoms. The van der Waals surface area contributed by atoms with Gasteiger partial charge in [-0.1, -0.05) is 36.9 Å². The van der Waals surface area contributed by atoms with Crippen molar-refractivity contribution in [2.45, 2.75) is 6.54 Å². The van der Waals surface area contributed by atoms with Crippen LogP contribution in [0.25, 0.3) is 6.08 Å². The van der Waals surface area contributed by atoms with Crippen LogP contribution in [0.2, 0.25) is 0 Å². The summed E-state index contributed by atoms with van der Waals surface area (Å²) in [6.07, 6.45) is 1.89. The molecule has 2 aliphatic heterocycles. The highest BCUT2D eigenvalue weighted by Crippen LogP contribution is 2.09. The number of fused-ring (bicyclic) bond motifs is 6. The molecule has 0 aromatic heterocycles. The van der Waals surface area contributed by atoms with Gasteiger partial charge in [0, 0.05) is 58.9 Å². The van der Waals surface area contributed by atoms with Gasteiger partial charge < -0.3 is 18.9 Å². The summed E-state index contributed by atoms with van der Waals surface area (Å²) in [6.45, 7) is 18.0. The number of ether oxygens (including phenoxy) is 4. The van der Waals surface area contributed by atoms with E-state index in [-0.39, 0.29) is 0 Å². The van der Waals surface area contributed by atoms with Gasteiger partial charge in [0.2, 0.25) is 0 Å². The van der Waals surface area contributed by atoms with E-state index in [0.717, 1.165) is 90.9 Å². The molecular weight excluding hydrogens is 406 g/mol. The Hall–Kier alpha value is -1.32. The predicted molar refractivity (Wildman–Crippen MR) is 128 cm³/mol. The van der Waals surface area contributed by atoms with Crippen LogP contribution in [0, 0.1) is 0 Å². The molecule has 2 aliphatic rings. The largest absolute Gasteiger partial charge is 0.378 e. The topological polar surface area (TPSA) is 46.6 Å². The van der Waals surface area contributed by atoms with Crippen LogP contribution in [0.3, 0.4) is 0 Å². The lowest BCUT2D eigenvalue weighted by molar-refractivity contribution is 0.00977. The average molecular weight is 448 g/mol. The lowest BCUT2D eigenvalue weighted by Gasteiger charge is -2.30. The van der Waals surface area contributed by atoms with E-state index in [0.29, 0.717) is 26.4 Å². The molecule has 0 aliphatic carbocycles. The Kier molecular flexibility index (Phi) is 12.3. The Morgan fingerprint density at radius 2 is 1.03 bits per heavy atom. The predicted octanol–water partition coefficient (Wildman–Crippen LogP) is 1.83. The third kappa shape index (κ3) is 10.1. The molecule has 0 amide bonds. The monoisotopic (exact) mass is 447 g/mol. The lowest BCUT2D eigenvalue weighted by atomic mass is 10.1. The average Bonchev–Trinajstić information content (AvgIpc) is 2.83. The van der Waals surface area contributed by atoms with Crippen LogP contribution in [0.4, 0.5) is 0 Å². The molecule has 2 saturated heterocycles. The molecule has 0 atom stereocenters. The highest BCUT2D eigenvalue weighted by Gasteiger charge is 2.14. The van der Waals surface area contributed by atoms with Crippen molar-refractivity contribution in [3.05, 3.63) is 42.0 Å². The standard InChI is InChI=1S/C25H41N3O4/c1-2-24-3-5-25(6-4-24)23-28-9-7-26-11-15-29-19-21-31-17-13-27(8-10-28)14-18-32-22-20-30-16-12-26/h2-6H,1,7-23H2. The molecule has 1 aromatic carbocycles. The summed E-state index contributed by atoms with van der Waals surface area (Å²) in [5.74, 6) is 0. The van der Waals surface area contributed by atoms with Crippen molar-refractivity contribution in [2.75, 3.05) is 105 Å². The maximum atomic E-state index is 5.81. The lowest BCUT2D eigenvalue weighted by Crippen LogP contribution is -2.42. The van der Waals surface area contributed by atoms with Crippen molar-refractivity contribution in [1.82, 2.24) is 14.7 Å². The normalized spacial score (nSPS) is 26.2. The Labute approximate surface area is 193 Å². The van der Waals surface area contributed by atoms with Gasteiger partial charge in [0.25, 0.3) is 0 Å². The van der Waals surface area contributed by atoms with E-state index in [1.165, 1.54) is 5.56 Å². The van der Waals surface area contributed by atoms with Gasteiger partial charge >= 0.3 is 0 Å². The first-order chi connectivity index (χ1) is 15.8. The Morgan fingerprint density at radius 1 is 0.594 bits per heavy atom. The zero-order valence-corrected chi connectivity index (χ0v) is 19.6. The SMILES string of the molecule is C=Cc1ccc(CN2CCN3CCOCCOCCN(CCOCCOCC3)CC2)cc1. The third-order valence-electron chi connectivity index (χ3n) is 6.04. The summed E-state index contributed by atoms with van der Waals surface area (Å²) in [5, 5.41) is 0. The quantitative estimate of drug-likeness (QED) is 0.655. The second kappa shape index (κ2) is 15.5. The van der Waals surface area contributed by atoms with Gasteiger partial charge in [-0.15, -0.1) is 0 Å². The Morgan fingerprint density at radius 3 is 1.44 bits per heavy atom. The molecule has 3 rings (SSSR count). The van der Waals surface area contributed by atoms with Crippen molar-refractivity contribution in [3.8, 4) is 0 Å². The first-order valence-corrected chi connectivity index (χ1v) is 12.0. The first-order valence-electron chi connectivity index (χ1n) is 12.0. The number of hydrogen-bond donors (Lipinski definition) is 0. The van der Waals surface area contributed by atoms with Gasteiger partial charge in [0.15, 0.2) is 0 Å². The van der Waals surface area contributed by atoms with Crippen molar-refractivity contribution >= 4 is 6.08 Å². The van der Waals surface area contributed by atoms with Crippen LogP contribution in [0.5, 0.6) is 0 Å². The molecule has 0 radical (unpaired) electrons. The second-order valence-electron chi connectivity index (χ2n) is 8.35. The zero-order valence-electron chi connectivity index (χ0n) is 19.6.